The number of anilines is 2. The van der Waals surface area contributed by atoms with Crippen molar-refractivity contribution in [1.29, 1.82) is 0 Å². The maximum atomic E-state index is 12.3. The van der Waals surface area contributed by atoms with Gasteiger partial charge in [-0.3, -0.25) is 9.69 Å². The van der Waals surface area contributed by atoms with E-state index in [4.69, 9.17) is 10.5 Å². The van der Waals surface area contributed by atoms with E-state index in [1.165, 1.54) is 0 Å². The summed E-state index contributed by atoms with van der Waals surface area (Å²) in [7, 11) is 1.61. The zero-order chi connectivity index (χ0) is 14.8. The summed E-state index contributed by atoms with van der Waals surface area (Å²) >= 11 is 1.58. The predicted octanol–water partition coefficient (Wildman–Crippen LogP) is 3.06. The monoisotopic (exact) mass is 300 g/mol. The highest BCUT2D eigenvalue weighted by Gasteiger charge is 2.36. The number of ether oxygens (including phenoxy) is 1. The number of carbonyl (C=O) groups is 1. The zero-order valence-corrected chi connectivity index (χ0v) is 12.5. The largest absolute Gasteiger partial charge is 0.495 e. The molecular weight excluding hydrogens is 284 g/mol. The van der Waals surface area contributed by atoms with Crippen LogP contribution in [0.15, 0.2) is 48.5 Å². The van der Waals surface area contributed by atoms with Crippen molar-refractivity contribution < 1.29 is 9.53 Å². The van der Waals surface area contributed by atoms with Crippen molar-refractivity contribution >= 4 is 29.0 Å². The Hall–Kier alpha value is -2.14. The molecule has 1 saturated heterocycles. The van der Waals surface area contributed by atoms with E-state index in [0.717, 1.165) is 11.3 Å². The molecule has 1 amide bonds. The number of hydrogen-bond acceptors (Lipinski definition) is 4. The molecule has 2 aromatic rings. The van der Waals surface area contributed by atoms with Gasteiger partial charge in [0.2, 0.25) is 5.91 Å². The normalized spacial score (nSPS) is 18.0. The second kappa shape index (κ2) is 5.69. The topological polar surface area (TPSA) is 55.6 Å². The van der Waals surface area contributed by atoms with Gasteiger partial charge in [-0.1, -0.05) is 30.3 Å². The Bertz CT molecular complexity index is 675. The molecular formula is C16H16N2O2S. The van der Waals surface area contributed by atoms with E-state index in [1.54, 1.807) is 23.8 Å². The van der Waals surface area contributed by atoms with Crippen LogP contribution in [0.25, 0.3) is 0 Å². The Labute approximate surface area is 127 Å². The fourth-order valence-electron chi connectivity index (χ4n) is 2.48. The van der Waals surface area contributed by atoms with Gasteiger partial charge in [0.05, 0.1) is 18.6 Å². The lowest BCUT2D eigenvalue weighted by Gasteiger charge is -2.26. The highest BCUT2D eigenvalue weighted by Crippen LogP contribution is 2.45. The van der Waals surface area contributed by atoms with E-state index in [-0.39, 0.29) is 11.3 Å². The summed E-state index contributed by atoms with van der Waals surface area (Å²) in [6.45, 7) is 0. The number of methoxy groups -OCH3 is 1. The molecule has 0 spiro atoms. The van der Waals surface area contributed by atoms with E-state index in [0.29, 0.717) is 17.2 Å². The first-order valence-electron chi connectivity index (χ1n) is 6.63. The lowest BCUT2D eigenvalue weighted by molar-refractivity contribution is -0.115. The molecule has 21 heavy (non-hydrogen) atoms. The van der Waals surface area contributed by atoms with E-state index in [2.05, 4.69) is 0 Å². The number of thioether (sulfide) groups is 1. The average Bonchev–Trinajstić information content (AvgIpc) is 2.89. The highest BCUT2D eigenvalue weighted by molar-refractivity contribution is 8.00. The van der Waals surface area contributed by atoms with Crippen LogP contribution in [0.2, 0.25) is 0 Å². The number of nitrogens with two attached hydrogens (primary N) is 1. The molecule has 108 valence electrons. The third-order valence-electron chi connectivity index (χ3n) is 3.47. The summed E-state index contributed by atoms with van der Waals surface area (Å²) in [5.74, 6) is 1.20. The molecule has 4 nitrogen and oxygen atoms in total. The molecule has 1 atom stereocenters. The number of amides is 1. The minimum atomic E-state index is -0.116. The molecule has 3 rings (SSSR count). The number of nitrogen functional groups attached to an aromatic ring is 1. The van der Waals surface area contributed by atoms with E-state index >= 15 is 0 Å². The third-order valence-corrected chi connectivity index (χ3v) is 4.67. The molecule has 0 saturated carbocycles. The number of benzene rings is 2. The molecule has 5 heteroatoms. The second-order valence-corrected chi connectivity index (χ2v) is 5.80. The molecule has 0 aliphatic carbocycles. The van der Waals surface area contributed by atoms with Crippen molar-refractivity contribution in [3.8, 4) is 5.75 Å². The number of nitrogens with zero attached hydrogens (tertiary/aromatic N) is 1. The lowest BCUT2D eigenvalue weighted by Crippen LogP contribution is -2.28. The molecule has 2 N–H and O–H groups in total. The Balaban J connectivity index is 2.06. The smallest absolute Gasteiger partial charge is 0.238 e. The van der Waals surface area contributed by atoms with Crippen molar-refractivity contribution in [2.75, 3.05) is 23.5 Å². The van der Waals surface area contributed by atoms with Crippen molar-refractivity contribution in [3.05, 3.63) is 54.1 Å². The fraction of sp³-hybridized carbons (Fsp3) is 0.188. The predicted molar refractivity (Wildman–Crippen MR) is 86.5 cm³/mol. The Morgan fingerprint density at radius 3 is 2.67 bits per heavy atom. The first kappa shape index (κ1) is 13.8. The minimum absolute atomic E-state index is 0.0674. The maximum absolute atomic E-state index is 12.3. The Morgan fingerprint density at radius 2 is 1.90 bits per heavy atom. The highest BCUT2D eigenvalue weighted by atomic mass is 32.2. The minimum Gasteiger partial charge on any atom is -0.495 e. The van der Waals surface area contributed by atoms with E-state index in [9.17, 15) is 4.79 Å². The standard InChI is InChI=1S/C16H16N2O2S/c1-20-14-9-5-4-8-13(14)18-15(19)10-21-16(18)11-6-2-3-7-12(11)17/h2-9,16H,10,17H2,1H3. The van der Waals surface area contributed by atoms with Crippen LogP contribution in [-0.4, -0.2) is 18.8 Å². The van der Waals surface area contributed by atoms with Crippen molar-refractivity contribution in [1.82, 2.24) is 0 Å². The quantitative estimate of drug-likeness (QED) is 0.885. The average molecular weight is 300 g/mol. The van der Waals surface area contributed by atoms with Crippen LogP contribution in [-0.2, 0) is 4.79 Å². The summed E-state index contributed by atoms with van der Waals surface area (Å²) in [5, 5.41) is -0.116. The molecule has 0 bridgehead atoms. The second-order valence-electron chi connectivity index (χ2n) is 4.73. The lowest BCUT2D eigenvalue weighted by atomic mass is 10.1. The van der Waals surface area contributed by atoms with Gasteiger partial charge in [-0.25, -0.2) is 0 Å². The number of rotatable bonds is 3. The fourth-order valence-corrected chi connectivity index (χ4v) is 3.69. The molecule has 1 aliphatic rings. The molecule has 2 aromatic carbocycles. The summed E-state index contributed by atoms with van der Waals surface area (Å²) in [4.78, 5) is 14.1. The van der Waals surface area contributed by atoms with Crippen LogP contribution in [0, 0.1) is 0 Å². The van der Waals surface area contributed by atoms with E-state index < -0.39 is 0 Å². The van der Waals surface area contributed by atoms with Gasteiger partial charge >= 0.3 is 0 Å². The van der Waals surface area contributed by atoms with Crippen LogP contribution in [0.4, 0.5) is 11.4 Å². The summed E-state index contributed by atoms with van der Waals surface area (Å²) in [6, 6.07) is 15.2. The van der Waals surface area contributed by atoms with Crippen molar-refractivity contribution in [3.63, 3.8) is 0 Å². The molecule has 0 aromatic heterocycles. The van der Waals surface area contributed by atoms with Crippen LogP contribution in [0.1, 0.15) is 10.9 Å². The molecule has 1 aliphatic heterocycles. The van der Waals surface area contributed by atoms with Gasteiger partial charge in [-0.05, 0) is 18.2 Å². The molecule has 1 heterocycles. The van der Waals surface area contributed by atoms with Crippen LogP contribution >= 0.6 is 11.8 Å². The maximum Gasteiger partial charge on any atom is 0.238 e. The SMILES string of the molecule is COc1ccccc1N1C(=O)CSC1c1ccccc1N. The Morgan fingerprint density at radius 1 is 1.19 bits per heavy atom. The molecule has 0 radical (unpaired) electrons. The molecule has 1 fully saturated rings. The van der Waals surface area contributed by atoms with Gasteiger partial charge in [0.25, 0.3) is 0 Å². The zero-order valence-electron chi connectivity index (χ0n) is 11.7. The van der Waals surface area contributed by atoms with Gasteiger partial charge in [0.1, 0.15) is 11.1 Å². The van der Waals surface area contributed by atoms with Crippen LogP contribution in [0.3, 0.4) is 0 Å². The first-order chi connectivity index (χ1) is 10.2. The number of hydrogen-bond donors (Lipinski definition) is 1. The third kappa shape index (κ3) is 2.45. The van der Waals surface area contributed by atoms with Gasteiger partial charge in [-0.2, -0.15) is 0 Å². The van der Waals surface area contributed by atoms with E-state index in [1.807, 2.05) is 48.5 Å². The molecule has 1 unspecified atom stereocenters. The van der Waals surface area contributed by atoms with Crippen molar-refractivity contribution in [2.45, 2.75) is 5.37 Å². The van der Waals surface area contributed by atoms with Gasteiger partial charge in [0, 0.05) is 11.3 Å². The summed E-state index contributed by atoms with van der Waals surface area (Å²) in [5.41, 5.74) is 8.51. The van der Waals surface area contributed by atoms with Crippen LogP contribution in [0.5, 0.6) is 5.75 Å². The van der Waals surface area contributed by atoms with Crippen molar-refractivity contribution in [2.24, 2.45) is 0 Å². The van der Waals surface area contributed by atoms with Crippen LogP contribution < -0.4 is 15.4 Å². The number of carbonyl (C=O) groups excluding carboxylic acids is 1. The van der Waals surface area contributed by atoms with Gasteiger partial charge in [-0.15, -0.1) is 11.8 Å². The van der Waals surface area contributed by atoms with Gasteiger partial charge in [0.15, 0.2) is 0 Å². The Kier molecular flexibility index (Phi) is 3.75. The number of para-hydroxylation sites is 3. The summed E-state index contributed by atoms with van der Waals surface area (Å²) < 4.78 is 5.39. The first-order valence-corrected chi connectivity index (χ1v) is 7.68. The van der Waals surface area contributed by atoms with Gasteiger partial charge < -0.3 is 10.5 Å². The summed E-state index contributed by atoms with van der Waals surface area (Å²) in [6.07, 6.45) is 0.